The van der Waals surface area contributed by atoms with Crippen LogP contribution >= 0.6 is 11.6 Å². The number of methoxy groups -OCH3 is 1. The van der Waals surface area contributed by atoms with Gasteiger partial charge < -0.3 is 15.4 Å². The third kappa shape index (κ3) is 4.51. The molecular formula is C19H21ClN2O3. The molecule has 0 spiro atoms. The van der Waals surface area contributed by atoms with Crippen LogP contribution in [-0.2, 0) is 17.6 Å². The van der Waals surface area contributed by atoms with E-state index in [0.717, 1.165) is 29.7 Å². The lowest BCUT2D eigenvalue weighted by molar-refractivity contribution is 0.0600. The molecule has 2 aromatic carbocycles. The number of nitrogens with one attached hydrogen (secondary N) is 2. The second kappa shape index (κ2) is 8.53. The molecule has 0 bridgehead atoms. The molecule has 0 radical (unpaired) electrons. The van der Waals surface area contributed by atoms with E-state index >= 15 is 0 Å². The van der Waals surface area contributed by atoms with Crippen molar-refractivity contribution in [2.24, 2.45) is 0 Å². The lowest BCUT2D eigenvalue weighted by Gasteiger charge is -2.15. The molecule has 0 heterocycles. The first-order valence-corrected chi connectivity index (χ1v) is 8.44. The van der Waals surface area contributed by atoms with Gasteiger partial charge in [-0.25, -0.2) is 9.59 Å². The number of para-hydroxylation sites is 1. The number of hydrogen-bond acceptors (Lipinski definition) is 3. The molecule has 2 aromatic rings. The van der Waals surface area contributed by atoms with Crippen LogP contribution in [0.4, 0.5) is 16.2 Å². The summed E-state index contributed by atoms with van der Waals surface area (Å²) < 4.78 is 4.68. The van der Waals surface area contributed by atoms with Gasteiger partial charge in [0.15, 0.2) is 0 Å². The van der Waals surface area contributed by atoms with Crippen molar-refractivity contribution in [2.75, 3.05) is 17.7 Å². The largest absolute Gasteiger partial charge is 0.465 e. The first-order chi connectivity index (χ1) is 12.0. The summed E-state index contributed by atoms with van der Waals surface area (Å²) in [5, 5.41) is 5.92. The van der Waals surface area contributed by atoms with Gasteiger partial charge in [-0.3, -0.25) is 0 Å². The molecule has 6 heteroatoms. The quantitative estimate of drug-likeness (QED) is 0.745. The zero-order valence-electron chi connectivity index (χ0n) is 14.5. The number of halogens is 1. The molecule has 0 aliphatic rings. The first kappa shape index (κ1) is 18.8. The highest BCUT2D eigenvalue weighted by Crippen LogP contribution is 2.25. The summed E-state index contributed by atoms with van der Waals surface area (Å²) >= 11 is 6.11. The maximum absolute atomic E-state index is 12.4. The number of benzene rings is 2. The van der Waals surface area contributed by atoms with E-state index in [0.29, 0.717) is 16.3 Å². The number of amides is 2. The van der Waals surface area contributed by atoms with E-state index in [-0.39, 0.29) is 0 Å². The SMILES string of the molecule is CCc1cccc(CC)c1NC(=O)Nc1cc(C(=O)OC)ccc1Cl. The molecule has 0 fully saturated rings. The summed E-state index contributed by atoms with van der Waals surface area (Å²) in [6.45, 7) is 4.07. The van der Waals surface area contributed by atoms with Gasteiger partial charge in [0, 0.05) is 5.69 Å². The maximum atomic E-state index is 12.4. The molecule has 132 valence electrons. The van der Waals surface area contributed by atoms with Crippen LogP contribution in [0.1, 0.15) is 35.3 Å². The number of anilines is 2. The van der Waals surface area contributed by atoms with Crippen LogP contribution in [0.15, 0.2) is 36.4 Å². The number of urea groups is 1. The molecule has 0 aromatic heterocycles. The number of carbonyl (C=O) groups is 2. The van der Waals surface area contributed by atoms with Crippen molar-refractivity contribution in [2.45, 2.75) is 26.7 Å². The van der Waals surface area contributed by atoms with E-state index in [1.54, 1.807) is 12.1 Å². The smallest absolute Gasteiger partial charge is 0.337 e. The van der Waals surface area contributed by atoms with Crippen molar-refractivity contribution in [1.29, 1.82) is 0 Å². The second-order valence-corrected chi connectivity index (χ2v) is 5.83. The summed E-state index contributed by atoms with van der Waals surface area (Å²) in [5.41, 5.74) is 3.58. The topological polar surface area (TPSA) is 67.4 Å². The Bertz CT molecular complexity index is 768. The number of carbonyl (C=O) groups excluding carboxylic acids is 2. The Hall–Kier alpha value is -2.53. The Morgan fingerprint density at radius 2 is 1.68 bits per heavy atom. The highest BCUT2D eigenvalue weighted by Gasteiger charge is 2.13. The molecule has 0 saturated carbocycles. The molecular weight excluding hydrogens is 340 g/mol. The highest BCUT2D eigenvalue weighted by atomic mass is 35.5. The van der Waals surface area contributed by atoms with Crippen LogP contribution in [0.2, 0.25) is 5.02 Å². The molecule has 0 unspecified atom stereocenters. The Labute approximate surface area is 152 Å². The minimum atomic E-state index is -0.496. The van der Waals surface area contributed by atoms with E-state index in [1.165, 1.54) is 13.2 Å². The Kier molecular flexibility index (Phi) is 6.42. The fraction of sp³-hybridized carbons (Fsp3) is 0.263. The van der Waals surface area contributed by atoms with Crippen molar-refractivity contribution in [3.05, 3.63) is 58.1 Å². The van der Waals surface area contributed by atoms with Crippen molar-refractivity contribution in [3.63, 3.8) is 0 Å². The van der Waals surface area contributed by atoms with Crippen molar-refractivity contribution in [1.82, 2.24) is 0 Å². The summed E-state index contributed by atoms with van der Waals surface area (Å²) in [5.74, 6) is -0.496. The average molecular weight is 361 g/mol. The number of hydrogen-bond donors (Lipinski definition) is 2. The monoisotopic (exact) mass is 360 g/mol. The maximum Gasteiger partial charge on any atom is 0.337 e. The van der Waals surface area contributed by atoms with Crippen LogP contribution < -0.4 is 10.6 Å². The fourth-order valence-corrected chi connectivity index (χ4v) is 2.70. The van der Waals surface area contributed by atoms with E-state index in [9.17, 15) is 9.59 Å². The average Bonchev–Trinajstić information content (AvgIpc) is 2.62. The van der Waals surface area contributed by atoms with Crippen molar-refractivity contribution < 1.29 is 14.3 Å². The minimum absolute atomic E-state index is 0.311. The third-order valence-corrected chi connectivity index (χ3v) is 4.20. The molecule has 2 amide bonds. The van der Waals surface area contributed by atoms with Crippen LogP contribution in [0.25, 0.3) is 0 Å². The van der Waals surface area contributed by atoms with Gasteiger partial charge in [0.2, 0.25) is 0 Å². The zero-order chi connectivity index (χ0) is 18.4. The first-order valence-electron chi connectivity index (χ1n) is 8.06. The van der Waals surface area contributed by atoms with E-state index in [1.807, 2.05) is 32.0 Å². The molecule has 0 aliphatic heterocycles. The van der Waals surface area contributed by atoms with Gasteiger partial charge in [0.05, 0.1) is 23.4 Å². The van der Waals surface area contributed by atoms with Crippen LogP contribution in [0, 0.1) is 0 Å². The summed E-state index contributed by atoms with van der Waals surface area (Å²) in [7, 11) is 1.30. The number of esters is 1. The minimum Gasteiger partial charge on any atom is -0.465 e. The van der Waals surface area contributed by atoms with Gasteiger partial charge in [-0.15, -0.1) is 0 Å². The zero-order valence-corrected chi connectivity index (χ0v) is 15.2. The molecule has 0 atom stereocenters. The number of rotatable bonds is 5. The van der Waals surface area contributed by atoms with Crippen molar-refractivity contribution in [3.8, 4) is 0 Å². The predicted octanol–water partition coefficient (Wildman–Crippen LogP) is 4.90. The van der Waals surface area contributed by atoms with E-state index in [2.05, 4.69) is 15.4 Å². The van der Waals surface area contributed by atoms with Crippen LogP contribution in [0.3, 0.4) is 0 Å². The highest BCUT2D eigenvalue weighted by molar-refractivity contribution is 6.34. The van der Waals surface area contributed by atoms with Gasteiger partial charge in [0.25, 0.3) is 0 Å². The number of ether oxygens (including phenoxy) is 1. The molecule has 0 aliphatic carbocycles. The van der Waals surface area contributed by atoms with Gasteiger partial charge in [-0.2, -0.15) is 0 Å². The summed E-state index contributed by atoms with van der Waals surface area (Å²) in [6.07, 6.45) is 1.62. The van der Waals surface area contributed by atoms with Gasteiger partial charge in [-0.05, 0) is 42.2 Å². The van der Waals surface area contributed by atoms with Crippen LogP contribution in [-0.4, -0.2) is 19.1 Å². The molecule has 2 N–H and O–H groups in total. The van der Waals surface area contributed by atoms with Crippen LogP contribution in [0.5, 0.6) is 0 Å². The molecule has 2 rings (SSSR count). The Morgan fingerprint density at radius 1 is 1.04 bits per heavy atom. The second-order valence-electron chi connectivity index (χ2n) is 5.42. The standard InChI is InChI=1S/C19H21ClN2O3/c1-4-12-7-6-8-13(5-2)17(12)22-19(24)21-16-11-14(18(23)25-3)9-10-15(16)20/h6-11H,4-5H2,1-3H3,(H2,21,22,24). The normalized spacial score (nSPS) is 10.2. The Balaban J connectivity index is 2.23. The molecule has 5 nitrogen and oxygen atoms in total. The lowest BCUT2D eigenvalue weighted by Crippen LogP contribution is -2.21. The van der Waals surface area contributed by atoms with Gasteiger partial charge in [0.1, 0.15) is 0 Å². The summed E-state index contributed by atoms with van der Waals surface area (Å²) in [6, 6.07) is 10.1. The Morgan fingerprint density at radius 3 is 2.24 bits per heavy atom. The van der Waals surface area contributed by atoms with Gasteiger partial charge in [-0.1, -0.05) is 43.6 Å². The molecule has 25 heavy (non-hydrogen) atoms. The summed E-state index contributed by atoms with van der Waals surface area (Å²) in [4.78, 5) is 24.1. The van der Waals surface area contributed by atoms with Crippen molar-refractivity contribution >= 4 is 35.0 Å². The van der Waals surface area contributed by atoms with E-state index in [4.69, 9.17) is 11.6 Å². The van der Waals surface area contributed by atoms with Gasteiger partial charge >= 0.3 is 12.0 Å². The number of aryl methyl sites for hydroxylation is 2. The molecule has 0 saturated heterocycles. The third-order valence-electron chi connectivity index (χ3n) is 3.87. The van der Waals surface area contributed by atoms with E-state index < -0.39 is 12.0 Å². The predicted molar refractivity (Wildman–Crippen MR) is 101 cm³/mol. The fourth-order valence-electron chi connectivity index (χ4n) is 2.54. The lowest BCUT2D eigenvalue weighted by atomic mass is 10.0.